The fourth-order valence-corrected chi connectivity index (χ4v) is 3.36. The number of aryl methyl sites for hydroxylation is 2. The normalized spacial score (nSPS) is 11.7. The lowest BCUT2D eigenvalue weighted by molar-refractivity contribution is 0.779. The summed E-state index contributed by atoms with van der Waals surface area (Å²) >= 11 is 1.71. The van der Waals surface area contributed by atoms with E-state index in [9.17, 15) is 0 Å². The van der Waals surface area contributed by atoms with Crippen LogP contribution in [0.3, 0.4) is 0 Å². The molecule has 0 spiro atoms. The first-order valence-electron chi connectivity index (χ1n) is 6.07. The molecule has 0 atom stereocenters. The number of benzene rings is 1. The van der Waals surface area contributed by atoms with Gasteiger partial charge >= 0.3 is 0 Å². The van der Waals surface area contributed by atoms with Gasteiger partial charge in [-0.3, -0.25) is 9.08 Å². The Bertz CT molecular complexity index is 868. The van der Waals surface area contributed by atoms with Crippen LogP contribution in [0.2, 0.25) is 0 Å². The molecule has 0 saturated heterocycles. The second kappa shape index (κ2) is 3.68. The van der Waals surface area contributed by atoms with Gasteiger partial charge in [0.2, 0.25) is 0 Å². The molecule has 4 nitrogen and oxygen atoms in total. The number of fused-ring (bicyclic) bond motifs is 2. The standard InChI is InChI=1S/C14H12N4S/c1-9-5-10(6-11-7-17(2)16-13(9)11)12-8-18-4-3-15-14(18)19-12/h3-8H,1-2H3. The fourth-order valence-electron chi connectivity index (χ4n) is 2.43. The van der Waals surface area contributed by atoms with E-state index in [4.69, 9.17) is 0 Å². The smallest absolute Gasteiger partial charge is 0.194 e. The molecule has 0 unspecified atom stereocenters. The van der Waals surface area contributed by atoms with Crippen LogP contribution in [-0.2, 0) is 7.05 Å². The maximum atomic E-state index is 4.48. The van der Waals surface area contributed by atoms with Crippen LogP contribution in [0.25, 0.3) is 26.3 Å². The lowest BCUT2D eigenvalue weighted by Crippen LogP contribution is -1.86. The zero-order chi connectivity index (χ0) is 13.0. The molecule has 4 aromatic rings. The van der Waals surface area contributed by atoms with Gasteiger partial charge in [-0.1, -0.05) is 11.3 Å². The minimum atomic E-state index is 1.03. The molecule has 3 aromatic heterocycles. The van der Waals surface area contributed by atoms with Crippen LogP contribution in [0.15, 0.2) is 36.9 Å². The molecule has 0 saturated carbocycles. The van der Waals surface area contributed by atoms with E-state index in [1.165, 1.54) is 21.4 Å². The molecule has 0 amide bonds. The van der Waals surface area contributed by atoms with E-state index in [-0.39, 0.29) is 0 Å². The maximum Gasteiger partial charge on any atom is 0.194 e. The van der Waals surface area contributed by atoms with Crippen LogP contribution >= 0.6 is 11.3 Å². The van der Waals surface area contributed by atoms with Crippen LogP contribution in [0.5, 0.6) is 0 Å². The zero-order valence-corrected chi connectivity index (χ0v) is 11.5. The molecule has 0 aliphatic heterocycles. The van der Waals surface area contributed by atoms with Gasteiger partial charge < -0.3 is 0 Å². The van der Waals surface area contributed by atoms with E-state index in [2.05, 4.69) is 45.9 Å². The van der Waals surface area contributed by atoms with Gasteiger partial charge in [-0.15, -0.1) is 0 Å². The van der Waals surface area contributed by atoms with Gasteiger partial charge in [0, 0.05) is 37.2 Å². The van der Waals surface area contributed by atoms with Gasteiger partial charge in [-0.2, -0.15) is 5.10 Å². The lowest BCUT2D eigenvalue weighted by atomic mass is 10.1. The van der Waals surface area contributed by atoms with E-state index >= 15 is 0 Å². The Balaban J connectivity index is 1.97. The van der Waals surface area contributed by atoms with Crippen LogP contribution in [0, 0.1) is 6.92 Å². The third-order valence-electron chi connectivity index (χ3n) is 3.29. The van der Waals surface area contributed by atoms with Gasteiger partial charge in [-0.05, 0) is 30.2 Å². The Hall–Kier alpha value is -2.14. The second-order valence-electron chi connectivity index (χ2n) is 4.75. The van der Waals surface area contributed by atoms with Crippen LogP contribution < -0.4 is 0 Å². The largest absolute Gasteiger partial charge is 0.297 e. The SMILES string of the molecule is Cc1cc(-c2cn3ccnc3s2)cc2cn(C)nc12. The highest BCUT2D eigenvalue weighted by atomic mass is 32.1. The summed E-state index contributed by atoms with van der Waals surface area (Å²) in [6.07, 6.45) is 7.99. The van der Waals surface area contributed by atoms with Crippen molar-refractivity contribution in [3.05, 3.63) is 42.5 Å². The Morgan fingerprint density at radius 3 is 2.95 bits per heavy atom. The number of nitrogens with zero attached hydrogens (tertiary/aromatic N) is 4. The Kier molecular flexibility index (Phi) is 2.08. The number of aromatic nitrogens is 4. The highest BCUT2D eigenvalue weighted by Crippen LogP contribution is 2.31. The van der Waals surface area contributed by atoms with Gasteiger partial charge in [0.15, 0.2) is 4.96 Å². The number of thiazole rings is 1. The molecule has 3 heterocycles. The van der Waals surface area contributed by atoms with Crippen molar-refractivity contribution < 1.29 is 0 Å². The highest BCUT2D eigenvalue weighted by molar-refractivity contribution is 7.20. The summed E-state index contributed by atoms with van der Waals surface area (Å²) < 4.78 is 3.92. The van der Waals surface area contributed by atoms with Crippen LogP contribution in [-0.4, -0.2) is 19.2 Å². The quantitative estimate of drug-likeness (QED) is 0.531. The summed E-state index contributed by atoms with van der Waals surface area (Å²) in [6, 6.07) is 4.39. The van der Waals surface area contributed by atoms with E-state index in [0.29, 0.717) is 0 Å². The number of imidazole rings is 1. The first kappa shape index (κ1) is 10.8. The van der Waals surface area contributed by atoms with Gasteiger partial charge in [0.1, 0.15) is 0 Å². The summed E-state index contributed by atoms with van der Waals surface area (Å²) in [4.78, 5) is 6.58. The number of hydrogen-bond donors (Lipinski definition) is 0. The van der Waals surface area contributed by atoms with Crippen molar-refractivity contribution in [3.63, 3.8) is 0 Å². The van der Waals surface area contributed by atoms with E-state index < -0.39 is 0 Å². The molecule has 1 aromatic carbocycles. The first-order valence-corrected chi connectivity index (χ1v) is 6.89. The molecular weight excluding hydrogens is 256 g/mol. The minimum absolute atomic E-state index is 1.03. The molecule has 19 heavy (non-hydrogen) atoms. The zero-order valence-electron chi connectivity index (χ0n) is 10.7. The minimum Gasteiger partial charge on any atom is -0.297 e. The lowest BCUT2D eigenvalue weighted by Gasteiger charge is -2.00. The van der Waals surface area contributed by atoms with Crippen LogP contribution in [0.4, 0.5) is 0 Å². The number of rotatable bonds is 1. The predicted octanol–water partition coefficient (Wildman–Crippen LogP) is 3.26. The topological polar surface area (TPSA) is 35.1 Å². The monoisotopic (exact) mass is 268 g/mol. The molecule has 0 fully saturated rings. The van der Waals surface area contributed by atoms with Crippen molar-refractivity contribution in [2.24, 2.45) is 7.05 Å². The van der Waals surface area contributed by atoms with Crippen molar-refractivity contribution >= 4 is 27.2 Å². The summed E-state index contributed by atoms with van der Waals surface area (Å²) in [7, 11) is 1.96. The van der Waals surface area contributed by atoms with E-state index in [1.54, 1.807) is 11.3 Å². The molecule has 4 rings (SSSR count). The first-order chi connectivity index (χ1) is 9.20. The second-order valence-corrected chi connectivity index (χ2v) is 5.76. The van der Waals surface area contributed by atoms with Gasteiger partial charge in [0.05, 0.1) is 10.4 Å². The molecule has 0 bridgehead atoms. The van der Waals surface area contributed by atoms with Crippen molar-refractivity contribution in [2.45, 2.75) is 6.92 Å². The van der Waals surface area contributed by atoms with Gasteiger partial charge in [-0.25, -0.2) is 4.98 Å². The third kappa shape index (κ3) is 1.58. The Labute approximate surface area is 113 Å². The van der Waals surface area contributed by atoms with E-state index in [0.717, 1.165) is 10.5 Å². The van der Waals surface area contributed by atoms with Gasteiger partial charge in [0.25, 0.3) is 0 Å². The molecule has 94 valence electrons. The molecule has 0 N–H and O–H groups in total. The van der Waals surface area contributed by atoms with Crippen LogP contribution in [0.1, 0.15) is 5.56 Å². The Morgan fingerprint density at radius 2 is 2.11 bits per heavy atom. The summed E-state index contributed by atoms with van der Waals surface area (Å²) in [5.74, 6) is 0. The third-order valence-corrected chi connectivity index (χ3v) is 4.35. The Morgan fingerprint density at radius 1 is 1.21 bits per heavy atom. The molecule has 0 aliphatic carbocycles. The maximum absolute atomic E-state index is 4.48. The van der Waals surface area contributed by atoms with Crippen molar-refractivity contribution in [2.75, 3.05) is 0 Å². The number of hydrogen-bond acceptors (Lipinski definition) is 3. The highest BCUT2D eigenvalue weighted by Gasteiger charge is 2.09. The average molecular weight is 268 g/mol. The summed E-state index contributed by atoms with van der Waals surface area (Å²) in [6.45, 7) is 2.11. The molecule has 0 radical (unpaired) electrons. The average Bonchev–Trinajstić information content (AvgIpc) is 3.00. The summed E-state index contributed by atoms with van der Waals surface area (Å²) in [5.41, 5.74) is 3.51. The summed E-state index contributed by atoms with van der Waals surface area (Å²) in [5, 5.41) is 5.67. The molecule has 0 aliphatic rings. The van der Waals surface area contributed by atoms with Crippen molar-refractivity contribution in [1.29, 1.82) is 0 Å². The molecule has 5 heteroatoms. The van der Waals surface area contributed by atoms with E-state index in [1.807, 2.05) is 24.1 Å². The van der Waals surface area contributed by atoms with Crippen molar-refractivity contribution in [3.8, 4) is 10.4 Å². The molecular formula is C14H12N4S. The predicted molar refractivity (Wildman–Crippen MR) is 77.5 cm³/mol. The fraction of sp³-hybridized carbons (Fsp3) is 0.143. The van der Waals surface area contributed by atoms with Crippen molar-refractivity contribution in [1.82, 2.24) is 19.2 Å².